The minimum absolute atomic E-state index is 0.00567. The lowest BCUT2D eigenvalue weighted by atomic mass is 9.95. The van der Waals surface area contributed by atoms with Crippen molar-refractivity contribution >= 4 is 11.8 Å². The standard InChI is InChI=1S/C17H18N6O2/c24-16(14-7-18-3-5-20-14)22-9-12-1-2-13(11-22)23(10-12)17(25)15-8-19-4-6-21-15/h3-8,12-13H,1-2,9-11H2. The van der Waals surface area contributed by atoms with Crippen molar-refractivity contribution in [3.63, 3.8) is 0 Å². The second-order valence-electron chi connectivity index (χ2n) is 6.45. The van der Waals surface area contributed by atoms with E-state index in [0.717, 1.165) is 12.8 Å². The van der Waals surface area contributed by atoms with Crippen molar-refractivity contribution in [3.05, 3.63) is 48.6 Å². The molecule has 0 saturated carbocycles. The van der Waals surface area contributed by atoms with E-state index in [9.17, 15) is 9.59 Å². The molecule has 3 aliphatic rings. The SMILES string of the molecule is O=C(c1cnccn1)N1CC2CCC(C1)N(C(=O)c1cnccn1)C2. The molecule has 0 radical (unpaired) electrons. The molecular weight excluding hydrogens is 320 g/mol. The van der Waals surface area contributed by atoms with Gasteiger partial charge in [-0.25, -0.2) is 9.97 Å². The summed E-state index contributed by atoms with van der Waals surface area (Å²) in [4.78, 5) is 45.3. The van der Waals surface area contributed by atoms with Crippen molar-refractivity contribution in [1.82, 2.24) is 29.7 Å². The molecule has 0 aromatic carbocycles. The minimum Gasteiger partial charge on any atom is -0.335 e. The van der Waals surface area contributed by atoms with Crippen LogP contribution in [0.4, 0.5) is 0 Å². The highest BCUT2D eigenvalue weighted by Crippen LogP contribution is 2.29. The highest BCUT2D eigenvalue weighted by molar-refractivity contribution is 5.93. The van der Waals surface area contributed by atoms with Crippen LogP contribution in [0.3, 0.4) is 0 Å². The summed E-state index contributed by atoms with van der Waals surface area (Å²) in [7, 11) is 0. The quantitative estimate of drug-likeness (QED) is 0.798. The van der Waals surface area contributed by atoms with Crippen LogP contribution in [0.5, 0.6) is 0 Å². The number of amides is 2. The van der Waals surface area contributed by atoms with E-state index in [1.54, 1.807) is 17.3 Å². The number of nitrogens with zero attached hydrogens (tertiary/aromatic N) is 6. The topological polar surface area (TPSA) is 92.2 Å². The van der Waals surface area contributed by atoms with E-state index < -0.39 is 0 Å². The molecule has 0 spiro atoms. The molecular formula is C17H18N6O2. The highest BCUT2D eigenvalue weighted by atomic mass is 16.2. The first-order chi connectivity index (χ1) is 12.2. The molecule has 2 unspecified atom stereocenters. The van der Waals surface area contributed by atoms with Gasteiger partial charge >= 0.3 is 0 Å². The van der Waals surface area contributed by atoms with E-state index in [0.29, 0.717) is 31.0 Å². The van der Waals surface area contributed by atoms with Crippen LogP contribution in [-0.4, -0.2) is 67.2 Å². The summed E-state index contributed by atoms with van der Waals surface area (Å²) in [6, 6.07) is -0.00567. The van der Waals surface area contributed by atoms with E-state index in [1.807, 2.05) is 4.90 Å². The first kappa shape index (κ1) is 15.6. The van der Waals surface area contributed by atoms with Crippen LogP contribution in [-0.2, 0) is 0 Å². The molecule has 25 heavy (non-hydrogen) atoms. The summed E-state index contributed by atoms with van der Waals surface area (Å²) in [5.41, 5.74) is 0.692. The van der Waals surface area contributed by atoms with Gasteiger partial charge in [-0.3, -0.25) is 19.6 Å². The average molecular weight is 338 g/mol. The molecule has 128 valence electrons. The third-order valence-corrected chi connectivity index (χ3v) is 4.83. The van der Waals surface area contributed by atoms with Crippen LogP contribution in [0.2, 0.25) is 0 Å². The normalized spacial score (nSPS) is 22.6. The van der Waals surface area contributed by atoms with Crippen LogP contribution in [0.1, 0.15) is 33.8 Å². The van der Waals surface area contributed by atoms with Crippen molar-refractivity contribution in [3.8, 4) is 0 Å². The predicted molar refractivity (Wildman–Crippen MR) is 87.5 cm³/mol. The second-order valence-corrected chi connectivity index (χ2v) is 6.45. The minimum atomic E-state index is -0.126. The Morgan fingerprint density at radius 3 is 2.16 bits per heavy atom. The molecule has 8 nitrogen and oxygen atoms in total. The maximum Gasteiger partial charge on any atom is 0.274 e. The smallest absolute Gasteiger partial charge is 0.274 e. The van der Waals surface area contributed by atoms with E-state index in [-0.39, 0.29) is 23.8 Å². The fourth-order valence-corrected chi connectivity index (χ4v) is 3.62. The lowest BCUT2D eigenvalue weighted by Crippen LogP contribution is -2.48. The van der Waals surface area contributed by atoms with Crippen LogP contribution in [0.15, 0.2) is 37.2 Å². The Kier molecular flexibility index (Phi) is 4.09. The summed E-state index contributed by atoms with van der Waals surface area (Å²) in [5, 5.41) is 0. The molecule has 2 bridgehead atoms. The molecule has 3 fully saturated rings. The van der Waals surface area contributed by atoms with Crippen molar-refractivity contribution in [2.45, 2.75) is 18.9 Å². The summed E-state index contributed by atoms with van der Waals surface area (Å²) in [6.07, 6.45) is 11.0. The molecule has 2 aromatic heterocycles. The average Bonchev–Trinajstić information content (AvgIpc) is 3.00. The van der Waals surface area contributed by atoms with Gasteiger partial charge in [0.2, 0.25) is 0 Å². The number of hydrogen-bond donors (Lipinski definition) is 0. The lowest BCUT2D eigenvalue weighted by molar-refractivity contribution is 0.0568. The summed E-state index contributed by atoms with van der Waals surface area (Å²) in [5.74, 6) is 0.0235. The molecule has 3 aliphatic heterocycles. The molecule has 0 N–H and O–H groups in total. The largest absolute Gasteiger partial charge is 0.335 e. The van der Waals surface area contributed by atoms with Gasteiger partial charge in [0.1, 0.15) is 11.4 Å². The Morgan fingerprint density at radius 1 is 0.840 bits per heavy atom. The molecule has 2 atom stereocenters. The van der Waals surface area contributed by atoms with Gasteiger partial charge in [0, 0.05) is 50.5 Å². The molecule has 8 heteroatoms. The van der Waals surface area contributed by atoms with Gasteiger partial charge in [-0.05, 0) is 18.8 Å². The monoisotopic (exact) mass is 338 g/mol. The number of aromatic nitrogens is 4. The molecule has 2 aromatic rings. The zero-order valence-corrected chi connectivity index (χ0v) is 13.7. The third kappa shape index (κ3) is 3.07. The summed E-state index contributed by atoms with van der Waals surface area (Å²) >= 11 is 0. The molecule has 0 aliphatic carbocycles. The van der Waals surface area contributed by atoms with Crippen LogP contribution < -0.4 is 0 Å². The van der Waals surface area contributed by atoms with Gasteiger partial charge < -0.3 is 9.80 Å². The van der Waals surface area contributed by atoms with E-state index in [2.05, 4.69) is 19.9 Å². The zero-order chi connectivity index (χ0) is 17.2. The maximum absolute atomic E-state index is 12.8. The van der Waals surface area contributed by atoms with Gasteiger partial charge in [-0.1, -0.05) is 0 Å². The van der Waals surface area contributed by atoms with Crippen LogP contribution >= 0.6 is 0 Å². The Labute approximate surface area is 144 Å². The van der Waals surface area contributed by atoms with Gasteiger partial charge in [0.15, 0.2) is 0 Å². The highest BCUT2D eigenvalue weighted by Gasteiger charge is 2.39. The van der Waals surface area contributed by atoms with Gasteiger partial charge in [-0.2, -0.15) is 0 Å². The van der Waals surface area contributed by atoms with Crippen LogP contribution in [0, 0.1) is 5.92 Å². The number of fused-ring (bicyclic) bond motifs is 4. The van der Waals surface area contributed by atoms with Crippen molar-refractivity contribution in [1.29, 1.82) is 0 Å². The second kappa shape index (κ2) is 6.54. The first-order valence-corrected chi connectivity index (χ1v) is 8.34. The number of carbonyl (C=O) groups is 2. The maximum atomic E-state index is 12.8. The third-order valence-electron chi connectivity index (χ3n) is 4.83. The predicted octanol–water partition coefficient (Wildman–Crippen LogP) is 0.643. The lowest BCUT2D eigenvalue weighted by Gasteiger charge is -2.35. The van der Waals surface area contributed by atoms with E-state index >= 15 is 0 Å². The van der Waals surface area contributed by atoms with Crippen molar-refractivity contribution in [2.75, 3.05) is 19.6 Å². The van der Waals surface area contributed by atoms with Gasteiger partial charge in [-0.15, -0.1) is 0 Å². The molecule has 5 rings (SSSR count). The molecule has 5 heterocycles. The van der Waals surface area contributed by atoms with Crippen LogP contribution in [0.25, 0.3) is 0 Å². The fourth-order valence-electron chi connectivity index (χ4n) is 3.62. The number of rotatable bonds is 2. The summed E-state index contributed by atoms with van der Waals surface area (Å²) < 4.78 is 0. The summed E-state index contributed by atoms with van der Waals surface area (Å²) in [6.45, 7) is 1.79. The van der Waals surface area contributed by atoms with Crippen molar-refractivity contribution in [2.24, 2.45) is 5.92 Å². The molecule has 2 amide bonds. The zero-order valence-electron chi connectivity index (χ0n) is 13.7. The Morgan fingerprint density at radius 2 is 1.52 bits per heavy atom. The van der Waals surface area contributed by atoms with Gasteiger partial charge in [0.25, 0.3) is 11.8 Å². The fraction of sp³-hybridized carbons (Fsp3) is 0.412. The Balaban J connectivity index is 1.55. The van der Waals surface area contributed by atoms with Crippen molar-refractivity contribution < 1.29 is 9.59 Å². The number of piperidine rings is 1. The van der Waals surface area contributed by atoms with Gasteiger partial charge in [0.05, 0.1) is 12.4 Å². The first-order valence-electron chi connectivity index (χ1n) is 8.34. The Bertz CT molecular complexity index is 767. The van der Waals surface area contributed by atoms with E-state index in [4.69, 9.17) is 0 Å². The molecule has 3 saturated heterocycles. The van der Waals surface area contributed by atoms with E-state index in [1.165, 1.54) is 24.8 Å². The number of carbonyl (C=O) groups excluding carboxylic acids is 2. The Hall–Kier alpha value is -2.90. The number of hydrogen-bond acceptors (Lipinski definition) is 6.